The SMILES string of the molecule is CCNCc1sccc1S(=O)(=O)NC(C)CC(C)CC. The first kappa shape index (κ1) is 17.6. The van der Waals surface area contributed by atoms with Gasteiger partial charge in [-0.3, -0.25) is 0 Å². The maximum Gasteiger partial charge on any atom is 0.241 e. The third-order valence-corrected chi connectivity index (χ3v) is 6.06. The molecule has 0 saturated carbocycles. The molecule has 0 bridgehead atoms. The van der Waals surface area contributed by atoms with E-state index in [0.717, 1.165) is 24.3 Å². The lowest BCUT2D eigenvalue weighted by Crippen LogP contribution is -2.34. The first-order chi connectivity index (χ1) is 9.40. The normalized spacial score (nSPS) is 15.2. The molecule has 1 rings (SSSR count). The van der Waals surface area contributed by atoms with Gasteiger partial charge in [-0.2, -0.15) is 0 Å². The van der Waals surface area contributed by atoms with Crippen molar-refractivity contribution in [1.82, 2.24) is 10.0 Å². The molecule has 0 spiro atoms. The number of hydrogen-bond acceptors (Lipinski definition) is 4. The van der Waals surface area contributed by atoms with Gasteiger partial charge < -0.3 is 5.32 Å². The second kappa shape index (κ2) is 8.12. The van der Waals surface area contributed by atoms with Gasteiger partial charge in [-0.15, -0.1) is 11.3 Å². The molecule has 1 aromatic heterocycles. The lowest BCUT2D eigenvalue weighted by atomic mass is 10.0. The van der Waals surface area contributed by atoms with Crippen LogP contribution in [-0.2, 0) is 16.6 Å². The van der Waals surface area contributed by atoms with Crippen molar-refractivity contribution < 1.29 is 8.42 Å². The summed E-state index contributed by atoms with van der Waals surface area (Å²) in [5.74, 6) is 0.524. The smallest absolute Gasteiger partial charge is 0.241 e. The lowest BCUT2D eigenvalue weighted by molar-refractivity contribution is 0.445. The van der Waals surface area contributed by atoms with Crippen molar-refractivity contribution in [3.63, 3.8) is 0 Å². The van der Waals surface area contributed by atoms with E-state index >= 15 is 0 Å². The highest BCUT2D eigenvalue weighted by molar-refractivity contribution is 7.89. The van der Waals surface area contributed by atoms with E-state index in [0.29, 0.717) is 17.4 Å². The third-order valence-electron chi connectivity index (χ3n) is 3.34. The Morgan fingerprint density at radius 3 is 2.60 bits per heavy atom. The Morgan fingerprint density at radius 2 is 2.00 bits per heavy atom. The molecule has 1 heterocycles. The highest BCUT2D eigenvalue weighted by atomic mass is 32.2. The van der Waals surface area contributed by atoms with Crippen molar-refractivity contribution in [2.45, 2.75) is 58.0 Å². The molecule has 2 unspecified atom stereocenters. The summed E-state index contributed by atoms with van der Waals surface area (Å²) in [6, 6.07) is 1.65. The maximum absolute atomic E-state index is 12.4. The summed E-state index contributed by atoms with van der Waals surface area (Å²) >= 11 is 1.48. The van der Waals surface area contributed by atoms with Crippen molar-refractivity contribution >= 4 is 21.4 Å². The van der Waals surface area contributed by atoms with Crippen LogP contribution >= 0.6 is 11.3 Å². The quantitative estimate of drug-likeness (QED) is 0.736. The number of sulfonamides is 1. The molecule has 0 aliphatic rings. The van der Waals surface area contributed by atoms with E-state index in [2.05, 4.69) is 23.9 Å². The van der Waals surface area contributed by atoms with Crippen LogP contribution in [0.2, 0.25) is 0 Å². The van der Waals surface area contributed by atoms with Crippen LogP contribution in [0.15, 0.2) is 16.3 Å². The van der Waals surface area contributed by atoms with Crippen LogP contribution in [-0.4, -0.2) is 21.0 Å². The fourth-order valence-corrected chi connectivity index (χ4v) is 4.75. The Bertz CT molecular complexity index is 497. The van der Waals surface area contributed by atoms with Gasteiger partial charge in [-0.05, 0) is 37.3 Å². The van der Waals surface area contributed by atoms with Gasteiger partial charge in [-0.1, -0.05) is 27.2 Å². The van der Waals surface area contributed by atoms with Crippen LogP contribution in [0.25, 0.3) is 0 Å². The Morgan fingerprint density at radius 1 is 1.30 bits per heavy atom. The second-order valence-electron chi connectivity index (χ2n) is 5.26. The molecule has 0 aromatic carbocycles. The molecule has 1 aromatic rings. The Kier molecular flexibility index (Phi) is 7.15. The van der Waals surface area contributed by atoms with Gasteiger partial charge in [0.15, 0.2) is 0 Å². The molecule has 2 N–H and O–H groups in total. The van der Waals surface area contributed by atoms with Crippen LogP contribution in [0.1, 0.15) is 45.4 Å². The van der Waals surface area contributed by atoms with E-state index in [1.165, 1.54) is 11.3 Å². The fourth-order valence-electron chi connectivity index (χ4n) is 2.08. The minimum absolute atomic E-state index is 0.0400. The van der Waals surface area contributed by atoms with Crippen molar-refractivity contribution in [3.8, 4) is 0 Å². The molecule has 0 amide bonds. The summed E-state index contributed by atoms with van der Waals surface area (Å²) < 4.78 is 27.6. The molecule has 2 atom stereocenters. The first-order valence-electron chi connectivity index (χ1n) is 7.20. The summed E-state index contributed by atoms with van der Waals surface area (Å²) in [7, 11) is -3.41. The van der Waals surface area contributed by atoms with Gasteiger partial charge in [0.05, 0.1) is 4.90 Å². The molecule has 20 heavy (non-hydrogen) atoms. The Hall–Kier alpha value is -0.430. The second-order valence-corrected chi connectivity index (χ2v) is 7.94. The van der Waals surface area contributed by atoms with E-state index < -0.39 is 10.0 Å². The third kappa shape index (κ3) is 5.16. The highest BCUT2D eigenvalue weighted by Gasteiger charge is 2.22. The predicted molar refractivity (Wildman–Crippen MR) is 85.6 cm³/mol. The molecule has 0 saturated heterocycles. The van der Waals surface area contributed by atoms with E-state index in [-0.39, 0.29) is 6.04 Å². The number of thiophene rings is 1. The zero-order valence-electron chi connectivity index (χ0n) is 12.8. The van der Waals surface area contributed by atoms with Crippen LogP contribution in [0.3, 0.4) is 0 Å². The summed E-state index contributed by atoms with van der Waals surface area (Å²) in [6.07, 6.45) is 1.93. The Labute approximate surface area is 127 Å². The molecule has 0 fully saturated rings. The average molecular weight is 319 g/mol. The average Bonchev–Trinajstić information content (AvgIpc) is 2.84. The minimum Gasteiger partial charge on any atom is -0.312 e. The molecule has 0 radical (unpaired) electrons. The number of hydrogen-bond donors (Lipinski definition) is 2. The summed E-state index contributed by atoms with van der Waals surface area (Å²) in [6.45, 7) is 9.64. The van der Waals surface area contributed by atoms with E-state index in [1.54, 1.807) is 6.07 Å². The topological polar surface area (TPSA) is 58.2 Å². The Balaban J connectivity index is 2.76. The highest BCUT2D eigenvalue weighted by Crippen LogP contribution is 2.22. The molecule has 4 nitrogen and oxygen atoms in total. The first-order valence-corrected chi connectivity index (χ1v) is 9.56. The molecular weight excluding hydrogens is 292 g/mol. The maximum atomic E-state index is 12.4. The van der Waals surface area contributed by atoms with E-state index in [9.17, 15) is 8.42 Å². The summed E-state index contributed by atoms with van der Waals surface area (Å²) in [5, 5.41) is 5.01. The number of rotatable bonds is 9. The van der Waals surface area contributed by atoms with Crippen molar-refractivity contribution in [2.75, 3.05) is 6.54 Å². The van der Waals surface area contributed by atoms with Gasteiger partial charge >= 0.3 is 0 Å². The van der Waals surface area contributed by atoms with Crippen molar-refractivity contribution in [2.24, 2.45) is 5.92 Å². The van der Waals surface area contributed by atoms with Crippen molar-refractivity contribution in [3.05, 3.63) is 16.3 Å². The van der Waals surface area contributed by atoms with E-state index in [4.69, 9.17) is 0 Å². The molecule has 0 aliphatic carbocycles. The van der Waals surface area contributed by atoms with Crippen molar-refractivity contribution in [1.29, 1.82) is 0 Å². The monoisotopic (exact) mass is 318 g/mol. The standard InChI is InChI=1S/C14H26N2O2S2/c1-5-11(3)9-12(4)16-20(17,18)14-7-8-19-13(14)10-15-6-2/h7-8,11-12,15-16H,5-6,9-10H2,1-4H3. The molecular formula is C14H26N2O2S2. The van der Waals surface area contributed by atoms with Crippen LogP contribution in [0.4, 0.5) is 0 Å². The number of nitrogens with one attached hydrogen (secondary N) is 2. The predicted octanol–water partition coefficient (Wildman–Crippen LogP) is 2.96. The van der Waals surface area contributed by atoms with E-state index in [1.807, 2.05) is 19.2 Å². The van der Waals surface area contributed by atoms with Gasteiger partial charge in [0.1, 0.15) is 0 Å². The van der Waals surface area contributed by atoms with Gasteiger partial charge in [0.2, 0.25) is 10.0 Å². The van der Waals surface area contributed by atoms with Crippen LogP contribution in [0, 0.1) is 5.92 Å². The van der Waals surface area contributed by atoms with Crippen LogP contribution in [0.5, 0.6) is 0 Å². The van der Waals surface area contributed by atoms with Gasteiger partial charge in [0.25, 0.3) is 0 Å². The van der Waals surface area contributed by atoms with Crippen LogP contribution < -0.4 is 10.0 Å². The van der Waals surface area contributed by atoms with Gasteiger partial charge in [-0.25, -0.2) is 13.1 Å². The fraction of sp³-hybridized carbons (Fsp3) is 0.714. The zero-order valence-corrected chi connectivity index (χ0v) is 14.4. The molecule has 116 valence electrons. The molecule has 0 aliphatic heterocycles. The van der Waals surface area contributed by atoms with Gasteiger partial charge in [0, 0.05) is 17.5 Å². The summed E-state index contributed by atoms with van der Waals surface area (Å²) in [4.78, 5) is 1.29. The molecule has 6 heteroatoms. The largest absolute Gasteiger partial charge is 0.312 e. The lowest BCUT2D eigenvalue weighted by Gasteiger charge is -2.17. The zero-order chi connectivity index (χ0) is 15.2. The summed E-state index contributed by atoms with van der Waals surface area (Å²) in [5.41, 5.74) is 0. The minimum atomic E-state index is -3.41.